The molecule has 5 nitrogen and oxygen atoms in total. The van der Waals surface area contributed by atoms with Crippen LogP contribution in [0.1, 0.15) is 22.8 Å². The van der Waals surface area contributed by atoms with Gasteiger partial charge >= 0.3 is 0 Å². The highest BCUT2D eigenvalue weighted by Gasteiger charge is 2.17. The number of anilines is 1. The molecular formula is C21H21NO4S. The molecule has 0 aromatic heterocycles. The molecule has 6 heteroatoms. The Hall–Kier alpha value is -2.86. The molecule has 27 heavy (non-hydrogen) atoms. The minimum Gasteiger partial charge on any atom is -0.493 e. The van der Waals surface area contributed by atoms with Gasteiger partial charge in [0.1, 0.15) is 5.75 Å². The summed E-state index contributed by atoms with van der Waals surface area (Å²) < 4.78 is 29.3. The number of amides is 1. The van der Waals surface area contributed by atoms with Crippen LogP contribution >= 0.6 is 0 Å². The van der Waals surface area contributed by atoms with Gasteiger partial charge in [-0.05, 0) is 54.4 Å². The first-order valence-electron chi connectivity index (χ1n) is 8.57. The lowest BCUT2D eigenvalue weighted by molar-refractivity contribution is 0.102. The number of aryl methyl sites for hydroxylation is 1. The van der Waals surface area contributed by atoms with Gasteiger partial charge in [-0.3, -0.25) is 4.79 Å². The van der Waals surface area contributed by atoms with Crippen LogP contribution < -0.4 is 10.1 Å². The summed E-state index contributed by atoms with van der Waals surface area (Å²) in [5, 5.41) is 4.72. The predicted octanol–water partition coefficient (Wildman–Crippen LogP) is 4.20. The van der Waals surface area contributed by atoms with Crippen molar-refractivity contribution >= 4 is 32.2 Å². The summed E-state index contributed by atoms with van der Waals surface area (Å²) in [5.74, 6) is 0.142. The summed E-state index contributed by atoms with van der Waals surface area (Å²) in [7, 11) is -3.36. The molecule has 0 saturated heterocycles. The second kappa shape index (κ2) is 7.40. The molecule has 1 N–H and O–H groups in total. The lowest BCUT2D eigenvalue weighted by atomic mass is 10.0. The van der Waals surface area contributed by atoms with Crippen LogP contribution in [0.4, 0.5) is 5.69 Å². The first-order valence-corrected chi connectivity index (χ1v) is 10.5. The molecule has 0 radical (unpaired) electrons. The molecule has 0 aliphatic rings. The van der Waals surface area contributed by atoms with Crippen LogP contribution in [0.5, 0.6) is 5.75 Å². The molecule has 0 bridgehead atoms. The third-order valence-corrected chi connectivity index (χ3v) is 5.39. The quantitative estimate of drug-likeness (QED) is 0.717. The van der Waals surface area contributed by atoms with E-state index in [0.717, 1.165) is 22.6 Å². The second-order valence-corrected chi connectivity index (χ2v) is 8.35. The van der Waals surface area contributed by atoms with E-state index in [0.29, 0.717) is 23.6 Å². The van der Waals surface area contributed by atoms with E-state index in [4.69, 9.17) is 4.74 Å². The first-order chi connectivity index (χ1) is 12.8. The van der Waals surface area contributed by atoms with Crippen LogP contribution in [0.2, 0.25) is 0 Å². The largest absolute Gasteiger partial charge is 0.493 e. The Labute approximate surface area is 158 Å². The van der Waals surface area contributed by atoms with Gasteiger partial charge in [-0.2, -0.15) is 0 Å². The Balaban J connectivity index is 2.02. The molecule has 140 valence electrons. The number of ether oxygens (including phenoxy) is 1. The minimum atomic E-state index is -3.36. The summed E-state index contributed by atoms with van der Waals surface area (Å²) in [5.41, 5.74) is 1.63. The smallest absolute Gasteiger partial charge is 0.259 e. The number of nitrogens with one attached hydrogen (secondary N) is 1. The van der Waals surface area contributed by atoms with Crippen molar-refractivity contribution in [2.24, 2.45) is 0 Å². The van der Waals surface area contributed by atoms with Crippen molar-refractivity contribution in [2.75, 3.05) is 18.2 Å². The van der Waals surface area contributed by atoms with Crippen molar-refractivity contribution in [3.63, 3.8) is 0 Å². The monoisotopic (exact) mass is 383 g/mol. The van der Waals surface area contributed by atoms with Crippen LogP contribution in [0.15, 0.2) is 59.5 Å². The van der Waals surface area contributed by atoms with Gasteiger partial charge in [0.05, 0.1) is 17.1 Å². The molecule has 0 atom stereocenters. The zero-order chi connectivity index (χ0) is 19.6. The standard InChI is InChI=1S/C21H21NO4S/c1-4-26-20-12-16-8-6-5-7-15(16)11-18(20)21(23)22-19-13-17(27(3,24)25)10-9-14(19)2/h5-13H,4H2,1-3H3,(H,22,23). The average Bonchev–Trinajstić information content (AvgIpc) is 2.62. The van der Waals surface area contributed by atoms with Gasteiger partial charge in [0, 0.05) is 11.9 Å². The highest BCUT2D eigenvalue weighted by Crippen LogP contribution is 2.28. The van der Waals surface area contributed by atoms with Gasteiger partial charge in [-0.25, -0.2) is 8.42 Å². The first kappa shape index (κ1) is 18.9. The molecular weight excluding hydrogens is 362 g/mol. The average molecular weight is 383 g/mol. The molecule has 1 amide bonds. The van der Waals surface area contributed by atoms with Crippen molar-refractivity contribution < 1.29 is 17.9 Å². The Morgan fingerprint density at radius 3 is 2.33 bits per heavy atom. The molecule has 0 unspecified atom stereocenters. The summed E-state index contributed by atoms with van der Waals surface area (Å²) in [6.07, 6.45) is 1.14. The Bertz CT molecular complexity index is 1120. The van der Waals surface area contributed by atoms with Crippen LogP contribution in [-0.4, -0.2) is 27.2 Å². The number of fused-ring (bicyclic) bond motifs is 1. The normalized spacial score (nSPS) is 11.4. The molecule has 3 aromatic carbocycles. The maximum atomic E-state index is 12.9. The Morgan fingerprint density at radius 1 is 1.04 bits per heavy atom. The zero-order valence-electron chi connectivity index (χ0n) is 15.4. The fourth-order valence-corrected chi connectivity index (χ4v) is 3.48. The maximum Gasteiger partial charge on any atom is 0.259 e. The fraction of sp³-hybridized carbons (Fsp3) is 0.190. The fourth-order valence-electron chi connectivity index (χ4n) is 2.83. The molecule has 0 aliphatic carbocycles. The van der Waals surface area contributed by atoms with Gasteiger partial charge < -0.3 is 10.1 Å². The number of carbonyl (C=O) groups excluding carboxylic acids is 1. The summed E-state index contributed by atoms with van der Waals surface area (Å²) >= 11 is 0. The van der Waals surface area contributed by atoms with E-state index in [1.165, 1.54) is 12.1 Å². The highest BCUT2D eigenvalue weighted by molar-refractivity contribution is 7.90. The third kappa shape index (κ3) is 4.11. The molecule has 3 aromatic rings. The second-order valence-electron chi connectivity index (χ2n) is 6.33. The lowest BCUT2D eigenvalue weighted by Crippen LogP contribution is -2.15. The van der Waals surface area contributed by atoms with Gasteiger partial charge in [-0.15, -0.1) is 0 Å². The number of hydrogen-bond donors (Lipinski definition) is 1. The minimum absolute atomic E-state index is 0.159. The van der Waals surface area contributed by atoms with Crippen molar-refractivity contribution in [1.29, 1.82) is 0 Å². The van der Waals surface area contributed by atoms with Crippen molar-refractivity contribution in [3.05, 3.63) is 65.7 Å². The van der Waals surface area contributed by atoms with E-state index in [9.17, 15) is 13.2 Å². The summed E-state index contributed by atoms with van der Waals surface area (Å²) in [6, 6.07) is 16.0. The number of benzene rings is 3. The SMILES string of the molecule is CCOc1cc2ccccc2cc1C(=O)Nc1cc(S(C)(=O)=O)ccc1C. The predicted molar refractivity (Wildman–Crippen MR) is 107 cm³/mol. The van der Waals surface area contributed by atoms with E-state index < -0.39 is 9.84 Å². The highest BCUT2D eigenvalue weighted by atomic mass is 32.2. The zero-order valence-corrected chi connectivity index (χ0v) is 16.3. The molecule has 0 saturated carbocycles. The van der Waals surface area contributed by atoms with Crippen molar-refractivity contribution in [3.8, 4) is 5.75 Å². The molecule has 0 heterocycles. The van der Waals surface area contributed by atoms with Crippen LogP contribution in [0, 0.1) is 6.92 Å². The van der Waals surface area contributed by atoms with Gasteiger partial charge in [0.2, 0.25) is 0 Å². The van der Waals surface area contributed by atoms with Crippen LogP contribution in [-0.2, 0) is 9.84 Å². The summed E-state index contributed by atoms with van der Waals surface area (Å²) in [4.78, 5) is 13.1. The topological polar surface area (TPSA) is 72.5 Å². The number of carbonyl (C=O) groups is 1. The van der Waals surface area contributed by atoms with Crippen LogP contribution in [0.3, 0.4) is 0 Å². The van der Waals surface area contributed by atoms with E-state index in [-0.39, 0.29) is 10.8 Å². The number of rotatable bonds is 5. The molecule has 0 spiro atoms. The Morgan fingerprint density at radius 2 is 1.70 bits per heavy atom. The van der Waals surface area contributed by atoms with E-state index >= 15 is 0 Å². The molecule has 3 rings (SSSR count). The van der Waals surface area contributed by atoms with Gasteiger partial charge in [0.25, 0.3) is 5.91 Å². The number of sulfone groups is 1. The van der Waals surface area contributed by atoms with Crippen molar-refractivity contribution in [2.45, 2.75) is 18.7 Å². The van der Waals surface area contributed by atoms with Gasteiger partial charge in [0.15, 0.2) is 9.84 Å². The summed E-state index contributed by atoms with van der Waals surface area (Å²) in [6.45, 7) is 4.10. The van der Waals surface area contributed by atoms with E-state index in [1.807, 2.05) is 44.2 Å². The van der Waals surface area contributed by atoms with E-state index in [1.54, 1.807) is 12.1 Å². The number of hydrogen-bond acceptors (Lipinski definition) is 4. The maximum absolute atomic E-state index is 12.9. The molecule has 0 aliphatic heterocycles. The lowest BCUT2D eigenvalue weighted by Gasteiger charge is -2.14. The van der Waals surface area contributed by atoms with Crippen LogP contribution in [0.25, 0.3) is 10.8 Å². The van der Waals surface area contributed by atoms with Gasteiger partial charge in [-0.1, -0.05) is 30.3 Å². The van der Waals surface area contributed by atoms with E-state index in [2.05, 4.69) is 5.32 Å². The molecule has 0 fully saturated rings. The third-order valence-electron chi connectivity index (χ3n) is 4.28. The van der Waals surface area contributed by atoms with Crippen molar-refractivity contribution in [1.82, 2.24) is 0 Å². The Kier molecular flexibility index (Phi) is 5.19.